The fourth-order valence-corrected chi connectivity index (χ4v) is 2.39. The zero-order valence-corrected chi connectivity index (χ0v) is 12.5. The van der Waals surface area contributed by atoms with Crippen LogP contribution in [-0.4, -0.2) is 13.9 Å². The van der Waals surface area contributed by atoms with Gasteiger partial charge in [-0.25, -0.2) is 0 Å². The smallest absolute Gasteiger partial charge is 0.231 e. The molecule has 0 aliphatic carbocycles. The van der Waals surface area contributed by atoms with E-state index in [4.69, 9.17) is 18.9 Å². The number of ether oxygens (including phenoxy) is 4. The summed E-state index contributed by atoms with van der Waals surface area (Å²) >= 11 is 0. The van der Waals surface area contributed by atoms with Gasteiger partial charge in [-0.05, 0) is 18.6 Å². The average Bonchev–Trinajstić information content (AvgIpc) is 3.00. The molecule has 1 heterocycles. The molecule has 0 amide bonds. The molecule has 0 saturated heterocycles. The predicted octanol–water partition coefficient (Wildman–Crippen LogP) is 3.73. The van der Waals surface area contributed by atoms with Crippen molar-refractivity contribution in [3.05, 3.63) is 60.2 Å². The Balaban J connectivity index is 1.83. The van der Waals surface area contributed by atoms with Crippen molar-refractivity contribution in [2.24, 2.45) is 0 Å². The Bertz CT molecular complexity index is 679. The molecule has 3 rings (SSSR count). The van der Waals surface area contributed by atoms with Crippen molar-refractivity contribution < 1.29 is 18.9 Å². The van der Waals surface area contributed by atoms with E-state index in [1.54, 1.807) is 7.11 Å². The topological polar surface area (TPSA) is 36.9 Å². The van der Waals surface area contributed by atoms with Crippen molar-refractivity contribution in [3.8, 4) is 23.0 Å². The number of methoxy groups -OCH3 is 1. The number of para-hydroxylation sites is 1. The molecular formula is C18H18O4. The Morgan fingerprint density at radius 3 is 2.64 bits per heavy atom. The van der Waals surface area contributed by atoms with Crippen LogP contribution in [0.3, 0.4) is 0 Å². The van der Waals surface area contributed by atoms with Crippen LogP contribution in [0, 0.1) is 0 Å². The molecule has 2 aromatic carbocycles. The van der Waals surface area contributed by atoms with Gasteiger partial charge in [0.2, 0.25) is 6.79 Å². The molecule has 0 radical (unpaired) electrons. The number of hydrogen-bond acceptors (Lipinski definition) is 4. The zero-order chi connectivity index (χ0) is 15.4. The summed E-state index contributed by atoms with van der Waals surface area (Å²) in [7, 11) is 1.66. The normalized spacial score (nSPS) is 12.0. The lowest BCUT2D eigenvalue weighted by atomic mass is 10.1. The van der Waals surface area contributed by atoms with Crippen LogP contribution in [-0.2, 0) is 13.0 Å². The molecular weight excluding hydrogens is 280 g/mol. The van der Waals surface area contributed by atoms with Gasteiger partial charge in [0.1, 0.15) is 18.1 Å². The summed E-state index contributed by atoms with van der Waals surface area (Å²) in [5.41, 5.74) is 2.02. The summed E-state index contributed by atoms with van der Waals surface area (Å²) in [6, 6.07) is 11.6. The number of hydrogen-bond donors (Lipinski definition) is 0. The highest BCUT2D eigenvalue weighted by Crippen LogP contribution is 2.38. The highest BCUT2D eigenvalue weighted by atomic mass is 16.7. The highest BCUT2D eigenvalue weighted by molar-refractivity contribution is 5.52. The molecule has 114 valence electrons. The van der Waals surface area contributed by atoms with E-state index in [1.807, 2.05) is 42.5 Å². The first-order valence-corrected chi connectivity index (χ1v) is 7.10. The van der Waals surface area contributed by atoms with E-state index in [9.17, 15) is 0 Å². The Hall–Kier alpha value is -2.62. The fourth-order valence-electron chi connectivity index (χ4n) is 2.39. The Kier molecular flexibility index (Phi) is 4.19. The van der Waals surface area contributed by atoms with Crippen molar-refractivity contribution in [1.29, 1.82) is 0 Å². The van der Waals surface area contributed by atoms with Gasteiger partial charge in [0.15, 0.2) is 11.5 Å². The first-order chi connectivity index (χ1) is 10.8. The monoisotopic (exact) mass is 298 g/mol. The number of allylic oxidation sites excluding steroid dienone is 1. The van der Waals surface area contributed by atoms with Crippen LogP contribution in [0.15, 0.2) is 49.1 Å². The van der Waals surface area contributed by atoms with E-state index in [1.165, 1.54) is 0 Å². The summed E-state index contributed by atoms with van der Waals surface area (Å²) in [5, 5.41) is 0. The third-order valence-electron chi connectivity index (χ3n) is 3.50. The van der Waals surface area contributed by atoms with Gasteiger partial charge in [0.05, 0.1) is 7.11 Å². The first-order valence-electron chi connectivity index (χ1n) is 7.10. The molecule has 0 saturated carbocycles. The van der Waals surface area contributed by atoms with Crippen molar-refractivity contribution in [2.45, 2.75) is 13.0 Å². The molecule has 0 aromatic heterocycles. The minimum Gasteiger partial charge on any atom is -0.496 e. The third-order valence-corrected chi connectivity index (χ3v) is 3.50. The summed E-state index contributed by atoms with van der Waals surface area (Å²) in [6.45, 7) is 4.46. The van der Waals surface area contributed by atoms with Gasteiger partial charge in [-0.3, -0.25) is 0 Å². The molecule has 22 heavy (non-hydrogen) atoms. The van der Waals surface area contributed by atoms with Crippen LogP contribution in [0.1, 0.15) is 11.1 Å². The maximum Gasteiger partial charge on any atom is 0.231 e. The van der Waals surface area contributed by atoms with Crippen LogP contribution in [0.25, 0.3) is 0 Å². The molecule has 1 aliphatic rings. The Morgan fingerprint density at radius 1 is 1.09 bits per heavy atom. The summed E-state index contributed by atoms with van der Waals surface area (Å²) in [4.78, 5) is 0. The van der Waals surface area contributed by atoms with Crippen molar-refractivity contribution in [3.63, 3.8) is 0 Å². The van der Waals surface area contributed by atoms with Crippen LogP contribution in [0.4, 0.5) is 0 Å². The standard InChI is InChI=1S/C18H18O4/c1-3-6-13-9-17-18(22-12-21-17)10-16(13)20-11-14-7-4-5-8-15(14)19-2/h3-5,7-10H,1,6,11-12H2,2H3. The molecule has 1 aliphatic heterocycles. The summed E-state index contributed by atoms with van der Waals surface area (Å²) in [5.74, 6) is 3.05. The van der Waals surface area contributed by atoms with E-state index < -0.39 is 0 Å². The van der Waals surface area contributed by atoms with Crippen molar-refractivity contribution in [1.82, 2.24) is 0 Å². The molecule has 0 fully saturated rings. The van der Waals surface area contributed by atoms with Gasteiger partial charge in [-0.2, -0.15) is 0 Å². The fraction of sp³-hybridized carbons (Fsp3) is 0.222. The van der Waals surface area contributed by atoms with Crippen molar-refractivity contribution in [2.75, 3.05) is 13.9 Å². The van der Waals surface area contributed by atoms with E-state index in [0.717, 1.165) is 28.4 Å². The second-order valence-electron chi connectivity index (χ2n) is 4.91. The molecule has 0 N–H and O–H groups in total. The molecule has 2 aromatic rings. The zero-order valence-electron chi connectivity index (χ0n) is 12.5. The third kappa shape index (κ3) is 2.86. The molecule has 4 nitrogen and oxygen atoms in total. The molecule has 4 heteroatoms. The van der Waals surface area contributed by atoms with Crippen molar-refractivity contribution >= 4 is 0 Å². The average molecular weight is 298 g/mol. The first kappa shape index (κ1) is 14.3. The summed E-state index contributed by atoms with van der Waals surface area (Å²) in [6.07, 6.45) is 2.55. The van der Waals surface area contributed by atoms with Crippen LogP contribution in [0.5, 0.6) is 23.0 Å². The van der Waals surface area contributed by atoms with E-state index in [2.05, 4.69) is 6.58 Å². The van der Waals surface area contributed by atoms with Gasteiger partial charge in [0.25, 0.3) is 0 Å². The second-order valence-corrected chi connectivity index (χ2v) is 4.91. The van der Waals surface area contributed by atoms with Crippen LogP contribution in [0.2, 0.25) is 0 Å². The van der Waals surface area contributed by atoms with Gasteiger partial charge in [-0.1, -0.05) is 24.3 Å². The Morgan fingerprint density at radius 2 is 1.86 bits per heavy atom. The molecule has 0 bridgehead atoms. The SMILES string of the molecule is C=CCc1cc2c(cc1OCc1ccccc1OC)OCO2. The predicted molar refractivity (Wildman–Crippen MR) is 83.8 cm³/mol. The number of fused-ring (bicyclic) bond motifs is 1. The second kappa shape index (κ2) is 6.43. The van der Waals surface area contributed by atoms with Gasteiger partial charge >= 0.3 is 0 Å². The quantitative estimate of drug-likeness (QED) is 0.761. The lowest BCUT2D eigenvalue weighted by Crippen LogP contribution is -2.00. The van der Waals surface area contributed by atoms with E-state index in [-0.39, 0.29) is 6.79 Å². The lowest BCUT2D eigenvalue weighted by Gasteiger charge is -2.13. The van der Waals surface area contributed by atoms with E-state index in [0.29, 0.717) is 18.8 Å². The Labute approximate surface area is 129 Å². The number of rotatable bonds is 6. The largest absolute Gasteiger partial charge is 0.496 e. The number of benzene rings is 2. The summed E-state index contributed by atoms with van der Waals surface area (Å²) < 4.78 is 22.1. The maximum atomic E-state index is 5.98. The van der Waals surface area contributed by atoms with E-state index >= 15 is 0 Å². The van der Waals surface area contributed by atoms with Gasteiger partial charge in [0, 0.05) is 17.2 Å². The van der Waals surface area contributed by atoms with Crippen LogP contribution < -0.4 is 18.9 Å². The molecule has 0 spiro atoms. The minimum atomic E-state index is 0.249. The minimum absolute atomic E-state index is 0.249. The van der Waals surface area contributed by atoms with Gasteiger partial charge < -0.3 is 18.9 Å². The van der Waals surface area contributed by atoms with Crippen LogP contribution >= 0.6 is 0 Å². The maximum absolute atomic E-state index is 5.98. The highest BCUT2D eigenvalue weighted by Gasteiger charge is 2.18. The lowest BCUT2D eigenvalue weighted by molar-refractivity contribution is 0.173. The molecule has 0 unspecified atom stereocenters. The molecule has 0 atom stereocenters. The van der Waals surface area contributed by atoms with Gasteiger partial charge in [-0.15, -0.1) is 6.58 Å².